The lowest BCUT2D eigenvalue weighted by molar-refractivity contribution is -0.113. The SMILES string of the molecule is COc1ccc(NC(=O)/C(N=Nc2ccc(-c3ccc(NN=C(CNc4ccccc4)C(C)=O)c(Cl)c3)cc2C)=C(\C)O)cc1. The van der Waals surface area contributed by atoms with Crippen molar-refractivity contribution in [1.82, 2.24) is 0 Å². The number of hydrazone groups is 1. The molecule has 4 aromatic carbocycles. The predicted molar refractivity (Wildman–Crippen MR) is 180 cm³/mol. The van der Waals surface area contributed by atoms with Crippen molar-refractivity contribution in [2.45, 2.75) is 20.8 Å². The van der Waals surface area contributed by atoms with Crippen molar-refractivity contribution in [3.05, 3.63) is 113 Å². The van der Waals surface area contributed by atoms with Gasteiger partial charge in [-0.15, -0.1) is 10.2 Å². The summed E-state index contributed by atoms with van der Waals surface area (Å²) in [6.45, 7) is 4.95. The first-order valence-electron chi connectivity index (χ1n) is 13.9. The van der Waals surface area contributed by atoms with E-state index < -0.39 is 5.91 Å². The van der Waals surface area contributed by atoms with E-state index in [1.54, 1.807) is 49.6 Å². The number of Topliss-reactive ketones (excluding diaryl/α,β-unsaturated/α-hetero) is 1. The van der Waals surface area contributed by atoms with Gasteiger partial charge >= 0.3 is 0 Å². The molecule has 0 saturated carbocycles. The number of aryl methyl sites for hydroxylation is 1. The molecule has 0 aromatic heterocycles. The van der Waals surface area contributed by atoms with Gasteiger partial charge in [0.15, 0.2) is 11.5 Å². The van der Waals surface area contributed by atoms with E-state index in [4.69, 9.17) is 16.3 Å². The number of allylic oxidation sites excluding steroid dienone is 1. The van der Waals surface area contributed by atoms with Crippen LogP contribution < -0.4 is 20.8 Å². The zero-order valence-electron chi connectivity index (χ0n) is 25.3. The highest BCUT2D eigenvalue weighted by molar-refractivity contribution is 6.40. The highest BCUT2D eigenvalue weighted by Crippen LogP contribution is 2.32. The van der Waals surface area contributed by atoms with Gasteiger partial charge in [-0.2, -0.15) is 5.10 Å². The van der Waals surface area contributed by atoms with Crippen LogP contribution in [-0.2, 0) is 9.59 Å². The number of para-hydroxylation sites is 1. The molecule has 10 nitrogen and oxygen atoms in total. The summed E-state index contributed by atoms with van der Waals surface area (Å²) in [7, 11) is 1.55. The summed E-state index contributed by atoms with van der Waals surface area (Å²) in [6.07, 6.45) is 0. The van der Waals surface area contributed by atoms with Crippen molar-refractivity contribution < 1.29 is 19.4 Å². The molecule has 4 aromatic rings. The zero-order chi connectivity index (χ0) is 32.3. The van der Waals surface area contributed by atoms with Crippen LogP contribution in [-0.4, -0.2) is 36.2 Å². The lowest BCUT2D eigenvalue weighted by Gasteiger charge is -2.11. The van der Waals surface area contributed by atoms with Gasteiger partial charge in [0.05, 0.1) is 30.1 Å². The minimum Gasteiger partial charge on any atom is -0.510 e. The Morgan fingerprint density at radius 3 is 2.20 bits per heavy atom. The molecule has 0 aliphatic rings. The predicted octanol–water partition coefficient (Wildman–Crippen LogP) is 8.30. The lowest BCUT2D eigenvalue weighted by atomic mass is 10.0. The molecule has 11 heteroatoms. The van der Waals surface area contributed by atoms with E-state index >= 15 is 0 Å². The minimum atomic E-state index is -0.603. The fourth-order valence-corrected chi connectivity index (χ4v) is 4.32. The molecule has 0 unspecified atom stereocenters. The number of anilines is 3. The van der Waals surface area contributed by atoms with Crippen molar-refractivity contribution in [2.24, 2.45) is 15.3 Å². The summed E-state index contributed by atoms with van der Waals surface area (Å²) in [5, 5.41) is 28.9. The maximum Gasteiger partial charge on any atom is 0.279 e. The number of azo groups is 1. The number of ketones is 1. The third kappa shape index (κ3) is 9.01. The quantitative estimate of drug-likeness (QED) is 0.0411. The molecule has 0 heterocycles. The molecule has 4 rings (SSSR count). The molecule has 0 fully saturated rings. The molecule has 0 bridgehead atoms. The van der Waals surface area contributed by atoms with Crippen LogP contribution in [0.25, 0.3) is 11.1 Å². The molecule has 45 heavy (non-hydrogen) atoms. The summed E-state index contributed by atoms with van der Waals surface area (Å²) < 4.78 is 5.13. The largest absolute Gasteiger partial charge is 0.510 e. The van der Waals surface area contributed by atoms with Gasteiger partial charge in [0.1, 0.15) is 17.2 Å². The smallest absolute Gasteiger partial charge is 0.279 e. The number of ether oxygens (including phenoxy) is 1. The Hall–Kier alpha value is -5.48. The third-order valence-electron chi connectivity index (χ3n) is 6.61. The summed E-state index contributed by atoms with van der Waals surface area (Å²) in [4.78, 5) is 24.9. The van der Waals surface area contributed by atoms with Crippen LogP contribution in [0.1, 0.15) is 19.4 Å². The Morgan fingerprint density at radius 2 is 1.58 bits per heavy atom. The molecule has 0 aliphatic heterocycles. The minimum absolute atomic E-state index is 0.166. The first kappa shape index (κ1) is 32.4. The molecule has 4 N–H and O–H groups in total. The van der Waals surface area contributed by atoms with E-state index in [1.807, 2.05) is 55.5 Å². The molecule has 0 atom stereocenters. The Morgan fingerprint density at radius 1 is 0.889 bits per heavy atom. The number of nitrogens with zero attached hydrogens (tertiary/aromatic N) is 3. The van der Waals surface area contributed by atoms with E-state index in [0.29, 0.717) is 33.5 Å². The summed E-state index contributed by atoms with van der Waals surface area (Å²) in [5.41, 5.74) is 8.01. The van der Waals surface area contributed by atoms with Gasteiger partial charge in [-0.25, -0.2) is 0 Å². The van der Waals surface area contributed by atoms with E-state index in [9.17, 15) is 14.7 Å². The van der Waals surface area contributed by atoms with Crippen LogP contribution in [0, 0.1) is 6.92 Å². The van der Waals surface area contributed by atoms with Gasteiger partial charge in [-0.1, -0.05) is 41.9 Å². The first-order valence-corrected chi connectivity index (χ1v) is 14.3. The van der Waals surface area contributed by atoms with Crippen molar-refractivity contribution in [3.63, 3.8) is 0 Å². The van der Waals surface area contributed by atoms with Crippen LogP contribution in [0.15, 0.2) is 118 Å². The average Bonchev–Trinajstić information content (AvgIpc) is 3.03. The molecular formula is C34H33ClN6O4. The highest BCUT2D eigenvalue weighted by atomic mass is 35.5. The fourth-order valence-electron chi connectivity index (χ4n) is 4.10. The van der Waals surface area contributed by atoms with Crippen LogP contribution in [0.5, 0.6) is 5.75 Å². The fraction of sp³-hybridized carbons (Fsp3) is 0.147. The molecular weight excluding hydrogens is 592 g/mol. The summed E-state index contributed by atoms with van der Waals surface area (Å²) in [5.74, 6) is -0.389. The van der Waals surface area contributed by atoms with Gasteiger partial charge < -0.3 is 20.5 Å². The molecule has 0 spiro atoms. The standard InChI is InChI=1S/C34H33ClN6O4/c1-21-18-24(10-16-30(21)38-41-33(23(3)43)34(44)37-27-12-14-28(45-4)15-13-27)25-11-17-31(29(35)19-25)39-40-32(22(2)42)20-36-26-8-6-5-7-9-26/h5-19,36,39,43H,20H2,1-4H3,(H,37,44)/b33-23-,40-32?,41-38?. The number of nitrogens with one attached hydrogen (secondary N) is 3. The van der Waals surface area contributed by atoms with Gasteiger partial charge in [0, 0.05) is 18.3 Å². The number of amides is 1. The topological polar surface area (TPSA) is 137 Å². The Bertz CT molecular complexity index is 1770. The first-order chi connectivity index (χ1) is 21.6. The molecule has 0 saturated heterocycles. The summed E-state index contributed by atoms with van der Waals surface area (Å²) in [6, 6.07) is 27.3. The molecule has 230 valence electrons. The van der Waals surface area contributed by atoms with Gasteiger partial charge in [-0.3, -0.25) is 15.0 Å². The highest BCUT2D eigenvalue weighted by Gasteiger charge is 2.14. The van der Waals surface area contributed by atoms with Crippen LogP contribution in [0.3, 0.4) is 0 Å². The maximum absolute atomic E-state index is 12.8. The maximum atomic E-state index is 12.8. The average molecular weight is 625 g/mol. The Balaban J connectivity index is 1.44. The number of carbonyl (C=O) groups is 2. The van der Waals surface area contributed by atoms with Gasteiger partial charge in [-0.05, 0) is 91.2 Å². The second-order valence-corrected chi connectivity index (χ2v) is 10.4. The van der Waals surface area contributed by atoms with E-state index in [1.165, 1.54) is 13.8 Å². The number of aliphatic hydroxyl groups excluding tert-OH is 1. The summed E-state index contributed by atoms with van der Waals surface area (Å²) >= 11 is 6.56. The number of benzene rings is 4. The number of aliphatic hydroxyl groups is 1. The van der Waals surface area contributed by atoms with Gasteiger partial charge in [0.2, 0.25) is 0 Å². The van der Waals surface area contributed by atoms with Gasteiger partial charge in [0.25, 0.3) is 5.91 Å². The number of hydrogen-bond donors (Lipinski definition) is 4. The molecule has 0 aliphatic carbocycles. The normalized spacial score (nSPS) is 12.0. The molecule has 1 amide bonds. The van der Waals surface area contributed by atoms with E-state index in [2.05, 4.69) is 31.4 Å². The number of halogens is 1. The van der Waals surface area contributed by atoms with Crippen LogP contribution in [0.4, 0.5) is 22.7 Å². The third-order valence-corrected chi connectivity index (χ3v) is 6.93. The number of hydrogen-bond acceptors (Lipinski definition) is 9. The van der Waals surface area contributed by atoms with Crippen molar-refractivity contribution in [3.8, 4) is 16.9 Å². The Labute approximate surface area is 266 Å². The van der Waals surface area contributed by atoms with E-state index in [0.717, 1.165) is 22.4 Å². The van der Waals surface area contributed by atoms with Crippen LogP contribution >= 0.6 is 11.6 Å². The van der Waals surface area contributed by atoms with Crippen molar-refractivity contribution >= 4 is 51.8 Å². The number of carbonyl (C=O) groups excluding carboxylic acids is 2. The van der Waals surface area contributed by atoms with Crippen LogP contribution in [0.2, 0.25) is 5.02 Å². The molecule has 0 radical (unpaired) electrons. The lowest BCUT2D eigenvalue weighted by Crippen LogP contribution is -2.22. The second kappa shape index (κ2) is 15.3. The Kier molecular flexibility index (Phi) is 11.0. The number of methoxy groups -OCH3 is 1. The second-order valence-electron chi connectivity index (χ2n) is 9.96. The monoisotopic (exact) mass is 624 g/mol. The van der Waals surface area contributed by atoms with Crippen molar-refractivity contribution in [1.29, 1.82) is 0 Å². The number of rotatable bonds is 12. The van der Waals surface area contributed by atoms with Crippen molar-refractivity contribution in [2.75, 3.05) is 29.7 Å². The zero-order valence-corrected chi connectivity index (χ0v) is 26.0. The van der Waals surface area contributed by atoms with E-state index in [-0.39, 0.29) is 23.8 Å².